The molecule has 0 unspecified atom stereocenters. The van der Waals surface area contributed by atoms with Gasteiger partial charge in [0.25, 0.3) is 0 Å². The second-order valence-electron chi connectivity index (χ2n) is 7.22. The Morgan fingerprint density at radius 2 is 1.90 bits per heavy atom. The molecule has 0 bridgehead atoms. The third-order valence-electron chi connectivity index (χ3n) is 5.41. The van der Waals surface area contributed by atoms with Crippen molar-refractivity contribution in [1.82, 2.24) is 18.8 Å². The van der Waals surface area contributed by atoms with Crippen molar-refractivity contribution < 1.29 is 12.8 Å². The van der Waals surface area contributed by atoms with Crippen LogP contribution in [0, 0.1) is 6.92 Å². The molecule has 1 aliphatic rings. The Morgan fingerprint density at radius 1 is 1.10 bits per heavy atom. The van der Waals surface area contributed by atoms with Crippen molar-refractivity contribution in [2.24, 2.45) is 0 Å². The van der Waals surface area contributed by atoms with Crippen molar-refractivity contribution in [2.45, 2.75) is 24.3 Å². The van der Waals surface area contributed by atoms with E-state index in [0.29, 0.717) is 24.7 Å². The lowest BCUT2D eigenvalue weighted by Gasteiger charge is -2.17. The van der Waals surface area contributed by atoms with Crippen LogP contribution in [0.5, 0.6) is 0 Å². The van der Waals surface area contributed by atoms with Crippen LogP contribution < -0.4 is 0 Å². The molecule has 29 heavy (non-hydrogen) atoms. The van der Waals surface area contributed by atoms with E-state index in [-0.39, 0.29) is 10.9 Å². The van der Waals surface area contributed by atoms with Gasteiger partial charge in [-0.2, -0.15) is 4.31 Å². The van der Waals surface area contributed by atoms with E-state index in [1.165, 1.54) is 0 Å². The zero-order valence-corrected chi connectivity index (χ0v) is 16.7. The second-order valence-corrected chi connectivity index (χ2v) is 9.16. The van der Waals surface area contributed by atoms with Crippen LogP contribution in [0.1, 0.15) is 18.4 Å². The number of para-hydroxylation sites is 2. The molecule has 0 aliphatic carbocycles. The highest BCUT2D eigenvalue weighted by molar-refractivity contribution is 7.89. The molecular weight excluding hydrogens is 388 g/mol. The van der Waals surface area contributed by atoms with Gasteiger partial charge >= 0.3 is 0 Å². The van der Waals surface area contributed by atoms with Crippen LogP contribution >= 0.6 is 0 Å². The molecular formula is C21H20N4O3S. The number of benzene rings is 2. The first-order valence-corrected chi connectivity index (χ1v) is 10.9. The molecule has 0 saturated carbocycles. The standard InChI is InChI=1S/C21H20N4O3S/c1-15-23-20(13-28-15)16-6-8-18(9-7-16)29(26,27)24-11-10-17(12-24)25-14-22-19-4-2-3-5-21(19)25/h2-9,13-14,17H,10-12H2,1H3/t17-/m0/s1. The van der Waals surface area contributed by atoms with E-state index in [4.69, 9.17) is 4.42 Å². The summed E-state index contributed by atoms with van der Waals surface area (Å²) < 4.78 is 35.1. The summed E-state index contributed by atoms with van der Waals surface area (Å²) in [4.78, 5) is 9.00. The van der Waals surface area contributed by atoms with Crippen LogP contribution in [0.3, 0.4) is 0 Å². The first kappa shape index (κ1) is 18.1. The number of nitrogens with zero attached hydrogens (tertiary/aromatic N) is 4. The number of oxazole rings is 1. The molecule has 1 atom stereocenters. The van der Waals surface area contributed by atoms with Crippen molar-refractivity contribution in [2.75, 3.05) is 13.1 Å². The summed E-state index contributed by atoms with van der Waals surface area (Å²) in [5.74, 6) is 0.576. The van der Waals surface area contributed by atoms with E-state index >= 15 is 0 Å². The summed E-state index contributed by atoms with van der Waals surface area (Å²) in [6, 6.07) is 14.8. The van der Waals surface area contributed by atoms with Gasteiger partial charge in [0.05, 0.1) is 28.3 Å². The number of fused-ring (bicyclic) bond motifs is 1. The van der Waals surface area contributed by atoms with Crippen LogP contribution in [0.4, 0.5) is 0 Å². The van der Waals surface area contributed by atoms with Crippen molar-refractivity contribution in [3.8, 4) is 11.3 Å². The van der Waals surface area contributed by atoms with Gasteiger partial charge in [-0.15, -0.1) is 0 Å². The third kappa shape index (κ3) is 3.14. The molecule has 3 heterocycles. The van der Waals surface area contributed by atoms with Gasteiger partial charge in [0.1, 0.15) is 12.0 Å². The zero-order valence-electron chi connectivity index (χ0n) is 15.9. The molecule has 1 fully saturated rings. The smallest absolute Gasteiger partial charge is 0.243 e. The van der Waals surface area contributed by atoms with Gasteiger partial charge in [0, 0.05) is 25.6 Å². The molecule has 7 nitrogen and oxygen atoms in total. The molecule has 2 aromatic carbocycles. The van der Waals surface area contributed by atoms with Crippen molar-refractivity contribution in [1.29, 1.82) is 0 Å². The van der Waals surface area contributed by atoms with Crippen molar-refractivity contribution >= 4 is 21.1 Å². The number of hydrogen-bond acceptors (Lipinski definition) is 5. The number of aryl methyl sites for hydroxylation is 1. The van der Waals surface area contributed by atoms with Crippen LogP contribution in [0.25, 0.3) is 22.3 Å². The molecule has 0 radical (unpaired) electrons. The Bertz CT molecular complexity index is 1270. The lowest BCUT2D eigenvalue weighted by molar-refractivity contribution is 0.455. The summed E-state index contributed by atoms with van der Waals surface area (Å²) in [6.45, 7) is 2.70. The number of sulfonamides is 1. The number of hydrogen-bond donors (Lipinski definition) is 0. The Balaban J connectivity index is 1.38. The molecule has 2 aromatic heterocycles. The largest absolute Gasteiger partial charge is 0.449 e. The van der Waals surface area contributed by atoms with Crippen LogP contribution in [-0.2, 0) is 10.0 Å². The Morgan fingerprint density at radius 3 is 2.66 bits per heavy atom. The molecule has 0 spiro atoms. The summed E-state index contributed by atoms with van der Waals surface area (Å²) in [6.07, 6.45) is 4.13. The highest BCUT2D eigenvalue weighted by Crippen LogP contribution is 2.30. The van der Waals surface area contributed by atoms with Crippen molar-refractivity contribution in [3.63, 3.8) is 0 Å². The predicted molar refractivity (Wildman–Crippen MR) is 109 cm³/mol. The number of imidazole rings is 1. The maximum atomic E-state index is 13.1. The third-order valence-corrected chi connectivity index (χ3v) is 7.29. The number of rotatable bonds is 4. The maximum absolute atomic E-state index is 13.1. The summed E-state index contributed by atoms with van der Waals surface area (Å²) in [7, 11) is -3.55. The fourth-order valence-corrected chi connectivity index (χ4v) is 5.36. The SMILES string of the molecule is Cc1nc(-c2ccc(S(=O)(=O)N3CC[C@H](n4cnc5ccccc54)C3)cc2)co1. The summed E-state index contributed by atoms with van der Waals surface area (Å²) in [5.41, 5.74) is 3.47. The lowest BCUT2D eigenvalue weighted by atomic mass is 10.2. The van der Waals surface area contributed by atoms with E-state index in [2.05, 4.69) is 14.5 Å². The monoisotopic (exact) mass is 408 g/mol. The Hall–Kier alpha value is -2.97. The average Bonchev–Trinajstić information content (AvgIpc) is 3.47. The van der Waals surface area contributed by atoms with Crippen LogP contribution in [-0.4, -0.2) is 40.3 Å². The van der Waals surface area contributed by atoms with E-state index < -0.39 is 10.0 Å². The normalized spacial score (nSPS) is 17.9. The molecule has 5 rings (SSSR count). The van der Waals surface area contributed by atoms with Gasteiger partial charge in [0.15, 0.2) is 5.89 Å². The number of aromatic nitrogens is 3. The predicted octanol–water partition coefficient (Wildman–Crippen LogP) is 3.64. The molecule has 1 saturated heterocycles. The second kappa shape index (κ2) is 6.82. The highest BCUT2D eigenvalue weighted by Gasteiger charge is 2.33. The highest BCUT2D eigenvalue weighted by atomic mass is 32.2. The van der Waals surface area contributed by atoms with Gasteiger partial charge < -0.3 is 8.98 Å². The van der Waals surface area contributed by atoms with Gasteiger partial charge in [-0.1, -0.05) is 24.3 Å². The Labute approximate surface area is 168 Å². The molecule has 0 N–H and O–H groups in total. The summed E-state index contributed by atoms with van der Waals surface area (Å²) >= 11 is 0. The molecule has 4 aromatic rings. The van der Waals surface area contributed by atoms with Crippen LogP contribution in [0.2, 0.25) is 0 Å². The minimum absolute atomic E-state index is 0.0783. The minimum atomic E-state index is -3.55. The maximum Gasteiger partial charge on any atom is 0.243 e. The quantitative estimate of drug-likeness (QED) is 0.515. The molecule has 8 heteroatoms. The van der Waals surface area contributed by atoms with E-state index in [9.17, 15) is 8.42 Å². The molecule has 0 amide bonds. The summed E-state index contributed by atoms with van der Waals surface area (Å²) in [5, 5.41) is 0. The van der Waals surface area contributed by atoms with E-state index in [0.717, 1.165) is 23.0 Å². The average molecular weight is 408 g/mol. The van der Waals surface area contributed by atoms with E-state index in [1.54, 1.807) is 48.1 Å². The molecule has 1 aliphatic heterocycles. The van der Waals surface area contributed by atoms with Gasteiger partial charge in [0.2, 0.25) is 10.0 Å². The fourth-order valence-electron chi connectivity index (χ4n) is 3.87. The lowest BCUT2D eigenvalue weighted by Crippen LogP contribution is -2.29. The first-order chi connectivity index (χ1) is 14.0. The fraction of sp³-hybridized carbons (Fsp3) is 0.238. The van der Waals surface area contributed by atoms with E-state index in [1.807, 2.05) is 24.3 Å². The van der Waals surface area contributed by atoms with Gasteiger partial charge in [-0.25, -0.2) is 18.4 Å². The van der Waals surface area contributed by atoms with Gasteiger partial charge in [-0.05, 0) is 30.7 Å². The topological polar surface area (TPSA) is 81.2 Å². The minimum Gasteiger partial charge on any atom is -0.449 e. The van der Waals surface area contributed by atoms with Crippen molar-refractivity contribution in [3.05, 3.63) is 67.0 Å². The zero-order chi connectivity index (χ0) is 20.0. The van der Waals surface area contributed by atoms with Gasteiger partial charge in [-0.3, -0.25) is 0 Å². The van der Waals surface area contributed by atoms with Crippen LogP contribution in [0.15, 0.2) is 70.4 Å². The Kier molecular flexibility index (Phi) is 4.25. The molecule has 148 valence electrons. The first-order valence-electron chi connectivity index (χ1n) is 9.47.